The Bertz CT molecular complexity index is 367. The van der Waals surface area contributed by atoms with Crippen LogP contribution in [0.25, 0.3) is 0 Å². The standard InChI is InChI=1S/C14H22N2O/c1-11-13(8-9-17-11)16(3)14-7-5-4-6-12(14)10-15-2/h4-7,11,13,15H,8-10H2,1-3H3. The fraction of sp³-hybridized carbons (Fsp3) is 0.571. The van der Waals surface area contributed by atoms with Crippen LogP contribution in [0.5, 0.6) is 0 Å². The maximum Gasteiger partial charge on any atom is 0.0750 e. The Labute approximate surface area is 104 Å². The number of para-hydroxylation sites is 1. The van der Waals surface area contributed by atoms with Crippen molar-refractivity contribution >= 4 is 5.69 Å². The van der Waals surface area contributed by atoms with E-state index in [0.29, 0.717) is 12.1 Å². The van der Waals surface area contributed by atoms with Crippen molar-refractivity contribution in [1.29, 1.82) is 0 Å². The zero-order chi connectivity index (χ0) is 12.3. The molecule has 0 radical (unpaired) electrons. The second-order valence-corrected chi connectivity index (χ2v) is 4.70. The lowest BCUT2D eigenvalue weighted by Crippen LogP contribution is -2.37. The molecule has 1 saturated heterocycles. The van der Waals surface area contributed by atoms with Gasteiger partial charge >= 0.3 is 0 Å². The van der Waals surface area contributed by atoms with E-state index in [1.165, 1.54) is 11.3 Å². The molecule has 0 spiro atoms. The van der Waals surface area contributed by atoms with Crippen LogP contribution in [0.1, 0.15) is 18.9 Å². The highest BCUT2D eigenvalue weighted by molar-refractivity contribution is 5.54. The first-order valence-corrected chi connectivity index (χ1v) is 6.31. The van der Waals surface area contributed by atoms with Crippen LogP contribution in [0.3, 0.4) is 0 Å². The summed E-state index contributed by atoms with van der Waals surface area (Å²) < 4.78 is 5.65. The minimum atomic E-state index is 0.322. The van der Waals surface area contributed by atoms with Gasteiger partial charge in [-0.05, 0) is 32.0 Å². The summed E-state index contributed by atoms with van der Waals surface area (Å²) in [6.07, 6.45) is 1.44. The number of hydrogen-bond donors (Lipinski definition) is 1. The van der Waals surface area contributed by atoms with Crippen molar-refractivity contribution in [2.45, 2.75) is 32.0 Å². The number of anilines is 1. The molecule has 2 atom stereocenters. The molecule has 1 fully saturated rings. The number of rotatable bonds is 4. The summed E-state index contributed by atoms with van der Waals surface area (Å²) in [5, 5.41) is 3.22. The van der Waals surface area contributed by atoms with E-state index in [1.54, 1.807) is 0 Å². The monoisotopic (exact) mass is 234 g/mol. The molecule has 3 heteroatoms. The van der Waals surface area contributed by atoms with Crippen molar-refractivity contribution in [3.8, 4) is 0 Å². The van der Waals surface area contributed by atoms with Gasteiger partial charge in [0.2, 0.25) is 0 Å². The summed E-state index contributed by atoms with van der Waals surface area (Å²) in [5.74, 6) is 0. The van der Waals surface area contributed by atoms with E-state index < -0.39 is 0 Å². The molecule has 0 aromatic heterocycles. The molecule has 1 aromatic rings. The molecule has 94 valence electrons. The number of hydrogen-bond acceptors (Lipinski definition) is 3. The van der Waals surface area contributed by atoms with E-state index in [2.05, 4.69) is 48.5 Å². The van der Waals surface area contributed by atoms with Gasteiger partial charge in [0.1, 0.15) is 0 Å². The molecule has 0 amide bonds. The molecule has 0 bridgehead atoms. The van der Waals surface area contributed by atoms with Crippen LogP contribution in [-0.2, 0) is 11.3 Å². The molecule has 2 unspecified atom stereocenters. The molecule has 2 rings (SSSR count). The zero-order valence-corrected chi connectivity index (χ0v) is 10.9. The molecule has 0 aliphatic carbocycles. The van der Waals surface area contributed by atoms with Crippen molar-refractivity contribution in [2.24, 2.45) is 0 Å². The molecule has 1 heterocycles. The third-order valence-corrected chi connectivity index (χ3v) is 3.57. The molecule has 1 aliphatic rings. The van der Waals surface area contributed by atoms with Crippen molar-refractivity contribution in [1.82, 2.24) is 5.32 Å². The second kappa shape index (κ2) is 5.52. The first-order valence-electron chi connectivity index (χ1n) is 6.31. The van der Waals surface area contributed by atoms with E-state index in [-0.39, 0.29) is 0 Å². The average molecular weight is 234 g/mol. The van der Waals surface area contributed by atoms with Gasteiger partial charge in [-0.1, -0.05) is 18.2 Å². The third kappa shape index (κ3) is 2.61. The third-order valence-electron chi connectivity index (χ3n) is 3.57. The van der Waals surface area contributed by atoms with E-state index in [4.69, 9.17) is 4.74 Å². The first kappa shape index (κ1) is 12.4. The fourth-order valence-electron chi connectivity index (χ4n) is 2.60. The largest absolute Gasteiger partial charge is 0.376 e. The number of nitrogens with zero attached hydrogens (tertiary/aromatic N) is 1. The summed E-state index contributed by atoms with van der Waals surface area (Å²) in [6.45, 7) is 3.95. The molecule has 1 aliphatic heterocycles. The van der Waals surface area contributed by atoms with Gasteiger partial charge in [0.05, 0.1) is 12.1 Å². The van der Waals surface area contributed by atoms with Gasteiger partial charge in [-0.15, -0.1) is 0 Å². The molecule has 3 nitrogen and oxygen atoms in total. The Morgan fingerprint density at radius 1 is 1.41 bits per heavy atom. The van der Waals surface area contributed by atoms with Gasteiger partial charge in [-0.3, -0.25) is 0 Å². The predicted octanol–water partition coefficient (Wildman–Crippen LogP) is 2.02. The minimum Gasteiger partial charge on any atom is -0.376 e. The van der Waals surface area contributed by atoms with Crippen molar-refractivity contribution in [2.75, 3.05) is 25.6 Å². The molecule has 1 N–H and O–H groups in total. The van der Waals surface area contributed by atoms with Gasteiger partial charge in [0, 0.05) is 25.9 Å². The summed E-state index contributed by atoms with van der Waals surface area (Å²) in [6, 6.07) is 9.07. The lowest BCUT2D eigenvalue weighted by molar-refractivity contribution is 0.118. The van der Waals surface area contributed by atoms with Crippen LogP contribution in [0.15, 0.2) is 24.3 Å². The SMILES string of the molecule is CNCc1ccccc1N(C)C1CCOC1C. The topological polar surface area (TPSA) is 24.5 Å². The summed E-state index contributed by atoms with van der Waals surface area (Å²) >= 11 is 0. The molecule has 1 aromatic carbocycles. The van der Waals surface area contributed by atoms with Crippen LogP contribution in [0, 0.1) is 0 Å². The predicted molar refractivity (Wildman–Crippen MR) is 71.4 cm³/mol. The van der Waals surface area contributed by atoms with Crippen LogP contribution >= 0.6 is 0 Å². The molecular formula is C14H22N2O. The van der Waals surface area contributed by atoms with Crippen LogP contribution in [0.2, 0.25) is 0 Å². The Morgan fingerprint density at radius 2 is 2.18 bits per heavy atom. The molecular weight excluding hydrogens is 212 g/mol. The summed E-state index contributed by atoms with van der Waals surface area (Å²) in [7, 11) is 4.16. The number of nitrogens with one attached hydrogen (secondary N) is 1. The van der Waals surface area contributed by atoms with Gasteiger partial charge < -0.3 is 15.0 Å². The number of ether oxygens (including phenoxy) is 1. The highest BCUT2D eigenvalue weighted by Crippen LogP contribution is 2.26. The first-order chi connectivity index (χ1) is 8.24. The fourth-order valence-corrected chi connectivity index (χ4v) is 2.60. The van der Waals surface area contributed by atoms with Crippen molar-refractivity contribution < 1.29 is 4.74 Å². The normalized spacial score (nSPS) is 23.9. The van der Waals surface area contributed by atoms with Gasteiger partial charge in [0.15, 0.2) is 0 Å². The highest BCUT2D eigenvalue weighted by Gasteiger charge is 2.28. The van der Waals surface area contributed by atoms with Gasteiger partial charge in [0.25, 0.3) is 0 Å². The molecule has 0 saturated carbocycles. The number of likely N-dealkylation sites (N-methyl/N-ethyl adjacent to an activating group) is 1. The zero-order valence-electron chi connectivity index (χ0n) is 10.9. The number of benzene rings is 1. The van der Waals surface area contributed by atoms with E-state index in [0.717, 1.165) is 19.6 Å². The lowest BCUT2D eigenvalue weighted by atomic mass is 10.1. The van der Waals surface area contributed by atoms with Crippen LogP contribution < -0.4 is 10.2 Å². The maximum atomic E-state index is 5.65. The smallest absolute Gasteiger partial charge is 0.0750 e. The van der Waals surface area contributed by atoms with Gasteiger partial charge in [-0.25, -0.2) is 0 Å². The van der Waals surface area contributed by atoms with Gasteiger partial charge in [-0.2, -0.15) is 0 Å². The van der Waals surface area contributed by atoms with E-state index >= 15 is 0 Å². The van der Waals surface area contributed by atoms with E-state index in [9.17, 15) is 0 Å². The quantitative estimate of drug-likeness (QED) is 0.862. The average Bonchev–Trinajstić information content (AvgIpc) is 2.76. The van der Waals surface area contributed by atoms with E-state index in [1.807, 2.05) is 7.05 Å². The Morgan fingerprint density at radius 3 is 2.82 bits per heavy atom. The Balaban J connectivity index is 2.20. The van der Waals surface area contributed by atoms with Crippen molar-refractivity contribution in [3.05, 3.63) is 29.8 Å². The minimum absolute atomic E-state index is 0.322. The maximum absolute atomic E-state index is 5.65. The second-order valence-electron chi connectivity index (χ2n) is 4.70. The van der Waals surface area contributed by atoms with Crippen LogP contribution in [0.4, 0.5) is 5.69 Å². The summed E-state index contributed by atoms with van der Waals surface area (Å²) in [5.41, 5.74) is 2.65. The lowest BCUT2D eigenvalue weighted by Gasteiger charge is -2.30. The Hall–Kier alpha value is -1.06. The molecule has 17 heavy (non-hydrogen) atoms. The Kier molecular flexibility index (Phi) is 4.02. The van der Waals surface area contributed by atoms with Crippen molar-refractivity contribution in [3.63, 3.8) is 0 Å². The highest BCUT2D eigenvalue weighted by atomic mass is 16.5. The summed E-state index contributed by atoms with van der Waals surface area (Å²) in [4.78, 5) is 2.37. The van der Waals surface area contributed by atoms with Crippen LogP contribution in [-0.4, -0.2) is 32.8 Å².